The standard InChI is InChI=1S/C35H35N2.Ir/c1-4-13-25(14-5-1)29-21-12-22-30(26-15-6-2-7-16-26)33(29)37-34-31-20-11-10-17-27(31)23-24-32(34)36-35(37)28-18-8-3-9-19-28;/h3,8-12,17-18,20-26H,1-2,4-7,13-16H2;/q-1;. The summed E-state index contributed by atoms with van der Waals surface area (Å²) < 4.78 is 2.55. The van der Waals surface area contributed by atoms with Crippen molar-refractivity contribution in [3.05, 3.63) is 96.1 Å². The Kier molecular flexibility index (Phi) is 7.50. The number of aromatic nitrogens is 2. The normalized spacial score (nSPS) is 17.1. The van der Waals surface area contributed by atoms with Crippen molar-refractivity contribution in [2.75, 3.05) is 0 Å². The van der Waals surface area contributed by atoms with E-state index in [1.807, 2.05) is 6.07 Å². The molecule has 1 aromatic heterocycles. The first-order valence-electron chi connectivity index (χ1n) is 14.4. The second-order valence-electron chi connectivity index (χ2n) is 11.2. The molecule has 2 nitrogen and oxygen atoms in total. The number of hydrogen-bond acceptors (Lipinski definition) is 1. The third-order valence-corrected chi connectivity index (χ3v) is 8.90. The zero-order chi connectivity index (χ0) is 24.6. The van der Waals surface area contributed by atoms with Gasteiger partial charge in [0.2, 0.25) is 0 Å². The Hall–Kier alpha value is -2.74. The largest absolute Gasteiger partial charge is 0.332 e. The molecule has 5 aromatic rings. The maximum Gasteiger partial charge on any atom is 0.0781 e. The van der Waals surface area contributed by atoms with Crippen LogP contribution >= 0.6 is 0 Å². The Balaban J connectivity index is 0.00000264. The van der Waals surface area contributed by atoms with E-state index in [9.17, 15) is 0 Å². The van der Waals surface area contributed by atoms with Crippen LogP contribution in [0.3, 0.4) is 0 Å². The molecule has 2 saturated carbocycles. The predicted molar refractivity (Wildman–Crippen MR) is 154 cm³/mol. The summed E-state index contributed by atoms with van der Waals surface area (Å²) in [7, 11) is 0. The second kappa shape index (κ2) is 11.2. The molecule has 7 rings (SSSR count). The van der Waals surface area contributed by atoms with Crippen LogP contribution in [0.15, 0.2) is 78.9 Å². The van der Waals surface area contributed by atoms with Crippen LogP contribution in [-0.2, 0) is 20.1 Å². The van der Waals surface area contributed by atoms with Crippen LogP contribution in [-0.4, -0.2) is 9.55 Å². The van der Waals surface area contributed by atoms with Gasteiger partial charge in [-0.25, -0.2) is 0 Å². The summed E-state index contributed by atoms with van der Waals surface area (Å²) in [4.78, 5) is 5.31. The first-order valence-corrected chi connectivity index (χ1v) is 14.4. The number of rotatable bonds is 4. The van der Waals surface area contributed by atoms with Gasteiger partial charge in [-0.1, -0.05) is 87.1 Å². The second-order valence-corrected chi connectivity index (χ2v) is 11.2. The molecule has 0 atom stereocenters. The number of para-hydroxylation sites is 1. The van der Waals surface area contributed by atoms with Crippen molar-refractivity contribution in [1.82, 2.24) is 9.55 Å². The van der Waals surface area contributed by atoms with Gasteiger partial charge in [0.1, 0.15) is 0 Å². The predicted octanol–water partition coefficient (Wildman–Crippen LogP) is 9.74. The van der Waals surface area contributed by atoms with Gasteiger partial charge in [-0.2, -0.15) is 0 Å². The SMILES string of the molecule is [Ir].[c-]1ccccc1-c1nc2ccc3ccccc3c2n1-c1c(C2CCCCC2)cccc1C1CCCCC1. The van der Waals surface area contributed by atoms with Crippen molar-refractivity contribution in [2.45, 2.75) is 76.0 Å². The molecule has 0 saturated heterocycles. The van der Waals surface area contributed by atoms with Gasteiger partial charge in [0.05, 0.1) is 16.9 Å². The number of fused-ring (bicyclic) bond motifs is 3. The summed E-state index contributed by atoms with van der Waals surface area (Å²) >= 11 is 0. The van der Waals surface area contributed by atoms with Gasteiger partial charge in [-0.05, 0) is 60.1 Å². The Labute approximate surface area is 239 Å². The van der Waals surface area contributed by atoms with Crippen molar-refractivity contribution in [3.63, 3.8) is 0 Å². The van der Waals surface area contributed by atoms with Crippen LogP contribution < -0.4 is 0 Å². The number of imidazole rings is 1. The van der Waals surface area contributed by atoms with Crippen molar-refractivity contribution in [2.24, 2.45) is 0 Å². The fraction of sp³-hybridized carbons (Fsp3) is 0.343. The monoisotopic (exact) mass is 676 g/mol. The molecule has 1 heterocycles. The molecule has 0 spiro atoms. The zero-order valence-corrected chi connectivity index (χ0v) is 24.4. The average Bonchev–Trinajstić information content (AvgIpc) is 3.38. The van der Waals surface area contributed by atoms with Gasteiger partial charge in [-0.15, -0.1) is 35.9 Å². The minimum atomic E-state index is 0. The molecule has 3 heteroatoms. The summed E-state index contributed by atoms with van der Waals surface area (Å²) in [5.41, 5.74) is 7.87. The van der Waals surface area contributed by atoms with Gasteiger partial charge in [-0.3, -0.25) is 4.98 Å². The van der Waals surface area contributed by atoms with E-state index < -0.39 is 0 Å². The Morgan fingerprint density at radius 3 is 1.97 bits per heavy atom. The topological polar surface area (TPSA) is 17.8 Å². The third-order valence-electron chi connectivity index (χ3n) is 8.90. The van der Waals surface area contributed by atoms with Crippen LogP contribution in [0.25, 0.3) is 38.9 Å². The molecule has 2 fully saturated rings. The van der Waals surface area contributed by atoms with Gasteiger partial charge in [0, 0.05) is 31.2 Å². The molecule has 38 heavy (non-hydrogen) atoms. The molecule has 1 radical (unpaired) electrons. The molecule has 0 amide bonds. The van der Waals surface area contributed by atoms with Crippen LogP contribution in [0, 0.1) is 6.07 Å². The third kappa shape index (κ3) is 4.55. The van der Waals surface area contributed by atoms with E-state index in [0.29, 0.717) is 11.8 Å². The molecule has 2 aliphatic rings. The fourth-order valence-corrected chi connectivity index (χ4v) is 7.09. The van der Waals surface area contributed by atoms with Crippen LogP contribution in [0.2, 0.25) is 0 Å². The molecule has 4 aromatic carbocycles. The van der Waals surface area contributed by atoms with E-state index in [1.54, 1.807) is 0 Å². The fourth-order valence-electron chi connectivity index (χ4n) is 7.09. The van der Waals surface area contributed by atoms with Gasteiger partial charge < -0.3 is 4.57 Å². The van der Waals surface area contributed by atoms with Crippen molar-refractivity contribution >= 4 is 21.8 Å². The van der Waals surface area contributed by atoms with Crippen LogP contribution in [0.4, 0.5) is 0 Å². The first kappa shape index (κ1) is 25.5. The minimum absolute atomic E-state index is 0. The molecule has 0 bridgehead atoms. The molecule has 0 aliphatic heterocycles. The molecular formula is C35H35IrN2-. The Morgan fingerprint density at radius 1 is 0.658 bits per heavy atom. The quantitative estimate of drug-likeness (QED) is 0.174. The van der Waals surface area contributed by atoms with E-state index in [2.05, 4.69) is 83.4 Å². The van der Waals surface area contributed by atoms with E-state index >= 15 is 0 Å². The summed E-state index contributed by atoms with van der Waals surface area (Å²) in [5.74, 6) is 2.26. The number of nitrogens with zero attached hydrogens (tertiary/aromatic N) is 2. The van der Waals surface area contributed by atoms with Crippen LogP contribution in [0.1, 0.15) is 87.2 Å². The Bertz CT molecular complexity index is 1500. The van der Waals surface area contributed by atoms with E-state index in [-0.39, 0.29) is 20.1 Å². The molecule has 0 N–H and O–H groups in total. The maximum atomic E-state index is 5.31. The van der Waals surface area contributed by atoms with Crippen LogP contribution in [0.5, 0.6) is 0 Å². The Morgan fingerprint density at radius 2 is 1.32 bits per heavy atom. The van der Waals surface area contributed by atoms with E-state index in [0.717, 1.165) is 16.9 Å². The summed E-state index contributed by atoms with van der Waals surface area (Å²) in [6, 6.07) is 32.4. The van der Waals surface area contributed by atoms with Crippen molar-refractivity contribution in [1.29, 1.82) is 0 Å². The smallest absolute Gasteiger partial charge is 0.0781 e. The summed E-state index contributed by atoms with van der Waals surface area (Å²) in [6.45, 7) is 0. The average molecular weight is 676 g/mol. The molecule has 0 unspecified atom stereocenters. The first-order chi connectivity index (χ1) is 18.4. The van der Waals surface area contributed by atoms with Gasteiger partial charge >= 0.3 is 0 Å². The van der Waals surface area contributed by atoms with Gasteiger partial charge in [0.25, 0.3) is 0 Å². The van der Waals surface area contributed by atoms with Crippen molar-refractivity contribution in [3.8, 4) is 17.1 Å². The number of hydrogen-bond donors (Lipinski definition) is 0. The summed E-state index contributed by atoms with van der Waals surface area (Å²) in [5, 5.41) is 2.55. The van der Waals surface area contributed by atoms with E-state index in [1.165, 1.54) is 97.3 Å². The minimum Gasteiger partial charge on any atom is -0.332 e. The molecule has 195 valence electrons. The van der Waals surface area contributed by atoms with E-state index in [4.69, 9.17) is 4.98 Å². The summed E-state index contributed by atoms with van der Waals surface area (Å²) in [6.07, 6.45) is 13.3. The maximum absolute atomic E-state index is 5.31. The number of benzene rings is 4. The zero-order valence-electron chi connectivity index (χ0n) is 22.0. The molecule has 2 aliphatic carbocycles. The molecular weight excluding hydrogens is 641 g/mol. The van der Waals surface area contributed by atoms with Crippen molar-refractivity contribution < 1.29 is 20.1 Å². The van der Waals surface area contributed by atoms with Gasteiger partial charge in [0.15, 0.2) is 0 Å².